The van der Waals surface area contributed by atoms with Crippen LogP contribution >= 0.6 is 34.7 Å². The highest BCUT2D eigenvalue weighted by atomic mass is 35.5. The van der Waals surface area contributed by atoms with Crippen LogP contribution in [0.5, 0.6) is 5.75 Å². The van der Waals surface area contributed by atoms with Crippen LogP contribution in [-0.4, -0.2) is 38.6 Å². The molecule has 4 aromatic rings. The highest BCUT2D eigenvalue weighted by molar-refractivity contribution is 8.00. The van der Waals surface area contributed by atoms with E-state index in [9.17, 15) is 4.79 Å². The van der Waals surface area contributed by atoms with E-state index in [-0.39, 0.29) is 11.7 Å². The number of nitrogens with one attached hydrogen (secondary N) is 1. The number of aryl methyl sites for hydroxylation is 1. The molecule has 2 aromatic heterocycles. The first-order valence-electron chi connectivity index (χ1n) is 8.59. The number of ether oxygens (including phenoxy) is 1. The van der Waals surface area contributed by atoms with E-state index in [4.69, 9.17) is 16.3 Å². The first-order valence-corrected chi connectivity index (χ1v) is 10.8. The van der Waals surface area contributed by atoms with Crippen molar-refractivity contribution in [2.45, 2.75) is 11.8 Å². The normalized spacial score (nSPS) is 11.0. The van der Waals surface area contributed by atoms with E-state index in [2.05, 4.69) is 20.6 Å². The number of hydrogen-bond donors (Lipinski definition) is 1. The van der Waals surface area contributed by atoms with Crippen molar-refractivity contribution in [3.63, 3.8) is 0 Å². The van der Waals surface area contributed by atoms with Gasteiger partial charge in [0, 0.05) is 15.5 Å². The summed E-state index contributed by atoms with van der Waals surface area (Å²) < 4.78 is 7.09. The fraction of sp³-hybridized carbons (Fsp3) is 0.158. The number of hydrogen-bond acceptors (Lipinski definition) is 7. The third kappa shape index (κ3) is 4.36. The minimum absolute atomic E-state index is 0.130. The highest BCUT2D eigenvalue weighted by Gasteiger charge is 2.14. The van der Waals surface area contributed by atoms with Crippen molar-refractivity contribution in [2.24, 2.45) is 0 Å². The Labute approximate surface area is 180 Å². The molecule has 0 aliphatic rings. The van der Waals surface area contributed by atoms with Gasteiger partial charge in [-0.05, 0) is 49.4 Å². The summed E-state index contributed by atoms with van der Waals surface area (Å²) in [7, 11) is 1.57. The molecule has 2 aromatic carbocycles. The van der Waals surface area contributed by atoms with Gasteiger partial charge in [0.1, 0.15) is 10.8 Å². The second-order valence-electron chi connectivity index (χ2n) is 6.05. The number of halogens is 1. The number of aromatic nitrogens is 4. The Hall–Kier alpha value is -2.62. The van der Waals surface area contributed by atoms with Gasteiger partial charge in [-0.3, -0.25) is 4.79 Å². The van der Waals surface area contributed by atoms with Gasteiger partial charge in [-0.25, -0.2) is 0 Å². The van der Waals surface area contributed by atoms with E-state index in [1.807, 2.05) is 37.3 Å². The minimum Gasteiger partial charge on any atom is -0.495 e. The lowest BCUT2D eigenvalue weighted by Gasteiger charge is -2.11. The van der Waals surface area contributed by atoms with Crippen LogP contribution in [0.1, 0.15) is 5.82 Å². The molecule has 29 heavy (non-hydrogen) atoms. The minimum atomic E-state index is -0.130. The summed E-state index contributed by atoms with van der Waals surface area (Å²) >= 11 is 8.76. The van der Waals surface area contributed by atoms with Crippen molar-refractivity contribution < 1.29 is 9.53 Å². The number of carbonyl (C=O) groups is 1. The zero-order chi connectivity index (χ0) is 20.4. The van der Waals surface area contributed by atoms with Gasteiger partial charge >= 0.3 is 0 Å². The van der Waals surface area contributed by atoms with E-state index in [1.54, 1.807) is 23.8 Å². The summed E-state index contributed by atoms with van der Waals surface area (Å²) in [5.41, 5.74) is 1.45. The predicted octanol–water partition coefficient (Wildman–Crippen LogP) is 4.55. The molecule has 0 bridgehead atoms. The van der Waals surface area contributed by atoms with Crippen molar-refractivity contribution in [2.75, 3.05) is 18.2 Å². The van der Waals surface area contributed by atoms with Gasteiger partial charge in [-0.2, -0.15) is 9.61 Å². The number of amides is 1. The Kier molecular flexibility index (Phi) is 5.70. The monoisotopic (exact) mass is 445 g/mol. The molecule has 0 aliphatic heterocycles. The molecule has 1 amide bonds. The van der Waals surface area contributed by atoms with Crippen LogP contribution < -0.4 is 10.1 Å². The van der Waals surface area contributed by atoms with Crippen LogP contribution in [0.15, 0.2) is 47.4 Å². The van der Waals surface area contributed by atoms with Crippen LogP contribution in [0.3, 0.4) is 0 Å². The molecule has 0 fully saturated rings. The Balaban J connectivity index is 1.51. The predicted molar refractivity (Wildman–Crippen MR) is 116 cm³/mol. The zero-order valence-corrected chi connectivity index (χ0v) is 17.9. The molecule has 0 saturated heterocycles. The van der Waals surface area contributed by atoms with Gasteiger partial charge in [0.2, 0.25) is 10.9 Å². The highest BCUT2D eigenvalue weighted by Crippen LogP contribution is 2.33. The molecular formula is C19H16ClN5O2S2. The van der Waals surface area contributed by atoms with Crippen LogP contribution in [-0.2, 0) is 4.79 Å². The quantitative estimate of drug-likeness (QED) is 0.438. The molecule has 0 aliphatic carbocycles. The maximum atomic E-state index is 12.5. The summed E-state index contributed by atoms with van der Waals surface area (Å²) in [5, 5.41) is 17.0. The molecule has 2 heterocycles. The Morgan fingerprint density at radius 3 is 2.76 bits per heavy atom. The summed E-state index contributed by atoms with van der Waals surface area (Å²) in [6.45, 7) is 1.85. The second kappa shape index (κ2) is 8.40. The standard InChI is InChI=1S/C19H16ClN5O2S2/c1-11-22-23-19-25(11)24-18(29-19)12-3-8-16(27-2)15(9-12)21-17(26)10-28-14-6-4-13(20)5-7-14/h3-9H,10H2,1-2H3,(H,21,26). The molecule has 0 unspecified atom stereocenters. The van der Waals surface area contributed by atoms with Crippen LogP contribution in [0.25, 0.3) is 15.5 Å². The maximum absolute atomic E-state index is 12.5. The van der Waals surface area contributed by atoms with Crippen LogP contribution in [0, 0.1) is 6.92 Å². The number of carbonyl (C=O) groups excluding carboxylic acids is 1. The van der Waals surface area contributed by atoms with E-state index in [0.29, 0.717) is 16.5 Å². The largest absolute Gasteiger partial charge is 0.495 e. The summed E-state index contributed by atoms with van der Waals surface area (Å²) in [6, 6.07) is 12.9. The first-order chi connectivity index (χ1) is 14.0. The fourth-order valence-electron chi connectivity index (χ4n) is 2.64. The number of nitrogens with zero attached hydrogens (tertiary/aromatic N) is 4. The van der Waals surface area contributed by atoms with Crippen molar-refractivity contribution in [3.05, 3.63) is 53.3 Å². The lowest BCUT2D eigenvalue weighted by molar-refractivity contribution is -0.113. The van der Waals surface area contributed by atoms with Crippen molar-refractivity contribution >= 4 is 51.3 Å². The van der Waals surface area contributed by atoms with Gasteiger partial charge < -0.3 is 10.1 Å². The van der Waals surface area contributed by atoms with E-state index in [0.717, 1.165) is 26.3 Å². The SMILES string of the molecule is COc1ccc(-c2nn3c(C)nnc3s2)cc1NC(=O)CSc1ccc(Cl)cc1. The van der Waals surface area contributed by atoms with Gasteiger partial charge in [-0.15, -0.1) is 22.0 Å². The number of rotatable bonds is 6. The lowest BCUT2D eigenvalue weighted by Crippen LogP contribution is -2.14. The summed E-state index contributed by atoms with van der Waals surface area (Å²) in [4.78, 5) is 14.2. The average Bonchev–Trinajstić information content (AvgIpc) is 3.30. The third-order valence-electron chi connectivity index (χ3n) is 4.05. The van der Waals surface area contributed by atoms with Gasteiger partial charge in [0.05, 0.1) is 18.6 Å². The Morgan fingerprint density at radius 1 is 1.24 bits per heavy atom. The van der Waals surface area contributed by atoms with E-state index >= 15 is 0 Å². The van der Waals surface area contributed by atoms with Gasteiger partial charge in [0.25, 0.3) is 0 Å². The average molecular weight is 446 g/mol. The number of thioether (sulfide) groups is 1. The molecule has 4 rings (SSSR count). The smallest absolute Gasteiger partial charge is 0.234 e. The fourth-order valence-corrected chi connectivity index (χ4v) is 4.34. The van der Waals surface area contributed by atoms with Crippen LogP contribution in [0.4, 0.5) is 5.69 Å². The number of methoxy groups -OCH3 is 1. The molecule has 0 saturated carbocycles. The molecule has 10 heteroatoms. The number of fused-ring (bicyclic) bond motifs is 1. The van der Waals surface area contributed by atoms with Gasteiger partial charge in [0.15, 0.2) is 5.82 Å². The van der Waals surface area contributed by atoms with Crippen molar-refractivity contribution in [1.82, 2.24) is 19.8 Å². The Morgan fingerprint density at radius 2 is 2.03 bits per heavy atom. The number of benzene rings is 2. The van der Waals surface area contributed by atoms with Crippen molar-refractivity contribution in [1.29, 1.82) is 0 Å². The second-order valence-corrected chi connectivity index (χ2v) is 8.50. The maximum Gasteiger partial charge on any atom is 0.234 e. The van der Waals surface area contributed by atoms with Gasteiger partial charge in [-0.1, -0.05) is 22.9 Å². The molecule has 0 radical (unpaired) electrons. The lowest BCUT2D eigenvalue weighted by atomic mass is 10.2. The summed E-state index contributed by atoms with van der Waals surface area (Å²) in [5.74, 6) is 1.45. The Bertz CT molecular complexity index is 1170. The van der Waals surface area contributed by atoms with E-state index in [1.165, 1.54) is 23.1 Å². The topological polar surface area (TPSA) is 81.4 Å². The number of anilines is 1. The molecular weight excluding hydrogens is 430 g/mol. The van der Waals surface area contributed by atoms with Crippen LogP contribution in [0.2, 0.25) is 5.02 Å². The van der Waals surface area contributed by atoms with Crippen molar-refractivity contribution in [3.8, 4) is 16.3 Å². The summed E-state index contributed by atoms with van der Waals surface area (Å²) in [6.07, 6.45) is 0. The molecule has 1 N–H and O–H groups in total. The molecule has 0 spiro atoms. The molecule has 7 nitrogen and oxygen atoms in total. The molecule has 0 atom stereocenters. The first kappa shape index (κ1) is 19.7. The molecule has 148 valence electrons. The van der Waals surface area contributed by atoms with E-state index < -0.39 is 0 Å². The third-order valence-corrected chi connectivity index (χ3v) is 6.26. The zero-order valence-electron chi connectivity index (χ0n) is 15.5.